The average Bonchev–Trinajstić information content (AvgIpc) is 3.37. The highest BCUT2D eigenvalue weighted by atomic mass is 16.8. The van der Waals surface area contributed by atoms with E-state index in [9.17, 15) is 71.2 Å². The molecule has 4 saturated carbocycles. The lowest BCUT2D eigenvalue weighted by molar-refractivity contribution is -0.371. The molecule has 22 heteroatoms. The molecule has 0 amide bonds. The van der Waals surface area contributed by atoms with E-state index in [1.165, 1.54) is 12.5 Å². The van der Waals surface area contributed by atoms with E-state index in [0.717, 1.165) is 38.5 Å². The van der Waals surface area contributed by atoms with Crippen LogP contribution in [0.15, 0.2) is 11.6 Å². The van der Waals surface area contributed by atoms with E-state index in [-0.39, 0.29) is 52.6 Å². The molecule has 28 atom stereocenters. The maximum absolute atomic E-state index is 14.7. The Labute approximate surface area is 437 Å². The molecule has 430 valence electrons. The van der Waals surface area contributed by atoms with Crippen molar-refractivity contribution in [3.05, 3.63) is 11.6 Å². The van der Waals surface area contributed by atoms with Crippen molar-refractivity contribution in [1.29, 1.82) is 0 Å². The van der Waals surface area contributed by atoms with Crippen LogP contribution in [-0.2, 0) is 42.7 Å². The van der Waals surface area contributed by atoms with Crippen LogP contribution in [0.2, 0.25) is 0 Å². The van der Waals surface area contributed by atoms with Crippen LogP contribution in [0.1, 0.15) is 113 Å². The minimum absolute atomic E-state index is 0.0243. The van der Waals surface area contributed by atoms with Gasteiger partial charge in [-0.2, -0.15) is 0 Å². The second-order valence-electron chi connectivity index (χ2n) is 25.6. The molecule has 0 aromatic rings. The van der Waals surface area contributed by atoms with Gasteiger partial charge in [-0.15, -0.1) is 0 Å². The number of aliphatic hydroxyl groups is 13. The smallest absolute Gasteiger partial charge is 0.315 e. The second-order valence-corrected chi connectivity index (χ2v) is 25.6. The standard InChI is InChI=1S/C53H86O22/c1-23-42(74-45-39(64)35(60)32(57)26(19-54)70-45)37(62)41(66)44(69-23)72-28-21-68-43(38(63)34(28)59)73-31-11-12-49(4)29(50(31,5)22-56)10-13-52(7)30(49)9-8-24-25-18-48(2,3)14-16-53(25,17-15-51(24,52)6)47(67)75-46-40(65)36(61)33(58)27(20-55)71-46/h8,23,25-46,54-66H,9-22H2,1-7H3/t23-,25-,26+,27+,28+,29+,30+,31-,32+,33+,34-,35-,36-,37-,38+,39+,40+,41+,42-,43-,44-,45-,46-,49-,50-,51+,52+,53-/m0/s1. The maximum atomic E-state index is 14.7. The maximum Gasteiger partial charge on any atom is 0.315 e. The topological polar surface area (TPSA) is 354 Å². The molecule has 22 nitrogen and oxygen atoms in total. The Morgan fingerprint density at radius 3 is 1.84 bits per heavy atom. The highest BCUT2D eigenvalue weighted by molar-refractivity contribution is 5.79. The van der Waals surface area contributed by atoms with Crippen molar-refractivity contribution >= 4 is 5.97 Å². The minimum atomic E-state index is -1.79. The molecule has 0 bridgehead atoms. The number of carbonyl (C=O) groups is 1. The molecule has 13 N–H and O–H groups in total. The van der Waals surface area contributed by atoms with Gasteiger partial charge in [0.25, 0.3) is 0 Å². The van der Waals surface area contributed by atoms with Crippen molar-refractivity contribution in [2.75, 3.05) is 26.4 Å². The molecule has 0 unspecified atom stereocenters. The summed E-state index contributed by atoms with van der Waals surface area (Å²) in [5, 5.41) is 139. The van der Waals surface area contributed by atoms with Crippen LogP contribution in [0, 0.1) is 50.2 Å². The van der Waals surface area contributed by atoms with Crippen molar-refractivity contribution < 1.29 is 109 Å². The van der Waals surface area contributed by atoms with Crippen LogP contribution in [0.25, 0.3) is 0 Å². The monoisotopic (exact) mass is 1070 g/mol. The van der Waals surface area contributed by atoms with Gasteiger partial charge in [-0.05, 0) is 111 Å². The zero-order valence-electron chi connectivity index (χ0n) is 44.2. The van der Waals surface area contributed by atoms with Crippen molar-refractivity contribution in [3.8, 4) is 0 Å². The lowest BCUT2D eigenvalue weighted by Gasteiger charge is -2.71. The fraction of sp³-hybridized carbons (Fsp3) is 0.943. The number of allylic oxidation sites excluding steroid dienone is 2. The summed E-state index contributed by atoms with van der Waals surface area (Å²) in [5.41, 5.74) is -1.37. The van der Waals surface area contributed by atoms with Gasteiger partial charge in [0.05, 0.1) is 44.1 Å². The van der Waals surface area contributed by atoms with Crippen molar-refractivity contribution in [2.45, 2.75) is 235 Å². The van der Waals surface area contributed by atoms with Gasteiger partial charge >= 0.3 is 5.97 Å². The van der Waals surface area contributed by atoms with E-state index < -0.39 is 153 Å². The Hall–Kier alpha value is -1.59. The number of hydrogen-bond acceptors (Lipinski definition) is 22. The summed E-state index contributed by atoms with van der Waals surface area (Å²) in [6.07, 6.45) is -20.4. The van der Waals surface area contributed by atoms with Crippen molar-refractivity contribution in [1.82, 2.24) is 0 Å². The predicted molar refractivity (Wildman–Crippen MR) is 257 cm³/mol. The molecular formula is C53H86O22. The number of fused-ring (bicyclic) bond motifs is 7. The van der Waals surface area contributed by atoms with E-state index in [2.05, 4.69) is 40.7 Å². The molecule has 9 aliphatic rings. The first-order chi connectivity index (χ1) is 35.2. The Morgan fingerprint density at radius 1 is 0.613 bits per heavy atom. The minimum Gasteiger partial charge on any atom is -0.432 e. The van der Waals surface area contributed by atoms with E-state index >= 15 is 0 Å². The number of carbonyl (C=O) groups excluding carboxylic acids is 1. The molecular weight excluding hydrogens is 989 g/mol. The van der Waals surface area contributed by atoms with E-state index in [0.29, 0.717) is 25.7 Å². The molecule has 4 aliphatic heterocycles. The number of hydrogen-bond donors (Lipinski definition) is 13. The lowest BCUT2D eigenvalue weighted by atomic mass is 9.33. The SMILES string of the molecule is C[C@@H]1O[C@@H](O[C@@H]2CO[C@@H](O[C@H]3CC[C@@]4(C)[C@@H](CC[C@]5(C)[C@@H]4CC=C4[C@@H]6CC(C)(C)CC[C@]6(C(=O)O[C@@H]6O[C@H](CO)[C@@H](O)[C@H](O)[C@H]6O)CC[C@]45C)[C@]3(C)CO)[C@H](O)[C@H]2O)[C@H](O)[C@H](O)[C@H]1O[C@@H]1O[C@H](CO)[C@@H](O)[C@H](O)[C@H]1O. The fourth-order valence-electron chi connectivity index (χ4n) is 16.2. The van der Waals surface area contributed by atoms with E-state index in [1.807, 2.05) is 6.92 Å². The van der Waals surface area contributed by atoms with Crippen LogP contribution in [0.4, 0.5) is 0 Å². The first-order valence-corrected chi connectivity index (χ1v) is 27.3. The van der Waals surface area contributed by atoms with Gasteiger partial charge in [0.2, 0.25) is 6.29 Å². The fourth-order valence-corrected chi connectivity index (χ4v) is 16.2. The summed E-state index contributed by atoms with van der Waals surface area (Å²) in [5.74, 6) is -0.531. The summed E-state index contributed by atoms with van der Waals surface area (Å²) in [6, 6.07) is 0. The summed E-state index contributed by atoms with van der Waals surface area (Å²) < 4.78 is 47.2. The quantitative estimate of drug-likeness (QED) is 0.0643. The summed E-state index contributed by atoms with van der Waals surface area (Å²) >= 11 is 0. The van der Waals surface area contributed by atoms with Gasteiger partial charge in [0.15, 0.2) is 18.9 Å². The van der Waals surface area contributed by atoms with Gasteiger partial charge in [-0.25, -0.2) is 0 Å². The largest absolute Gasteiger partial charge is 0.432 e. The summed E-state index contributed by atoms with van der Waals surface area (Å²) in [6.45, 7) is 13.2. The molecule has 0 radical (unpaired) electrons. The van der Waals surface area contributed by atoms with Gasteiger partial charge in [0.1, 0.15) is 85.5 Å². The molecule has 75 heavy (non-hydrogen) atoms. The van der Waals surface area contributed by atoms with Gasteiger partial charge in [0, 0.05) is 5.41 Å². The molecule has 0 aromatic carbocycles. The predicted octanol–water partition coefficient (Wildman–Crippen LogP) is -1.40. The third kappa shape index (κ3) is 9.40. The Kier molecular flexibility index (Phi) is 16.3. The van der Waals surface area contributed by atoms with Crippen molar-refractivity contribution in [3.63, 3.8) is 0 Å². The van der Waals surface area contributed by atoms with Crippen LogP contribution >= 0.6 is 0 Å². The van der Waals surface area contributed by atoms with Crippen LogP contribution in [0.5, 0.6) is 0 Å². The highest BCUT2D eigenvalue weighted by Crippen LogP contribution is 2.76. The first-order valence-electron chi connectivity index (χ1n) is 27.3. The van der Waals surface area contributed by atoms with E-state index in [4.69, 9.17) is 37.9 Å². The summed E-state index contributed by atoms with van der Waals surface area (Å²) in [7, 11) is 0. The van der Waals surface area contributed by atoms with Crippen molar-refractivity contribution in [2.24, 2.45) is 50.2 Å². The average molecular weight is 1080 g/mol. The molecule has 4 saturated heterocycles. The molecule has 5 aliphatic carbocycles. The molecule has 9 rings (SSSR count). The molecule has 0 aromatic heterocycles. The van der Waals surface area contributed by atoms with Crippen LogP contribution < -0.4 is 0 Å². The Morgan fingerprint density at radius 2 is 1.20 bits per heavy atom. The van der Waals surface area contributed by atoms with Gasteiger partial charge in [-0.1, -0.05) is 53.2 Å². The van der Waals surface area contributed by atoms with Gasteiger partial charge in [-0.3, -0.25) is 4.79 Å². The number of rotatable bonds is 11. The van der Waals surface area contributed by atoms with E-state index in [1.54, 1.807) is 0 Å². The Balaban J connectivity index is 0.864. The molecule has 8 fully saturated rings. The van der Waals surface area contributed by atoms with Crippen LogP contribution in [-0.4, -0.2) is 222 Å². The highest BCUT2D eigenvalue weighted by Gasteiger charge is 2.71. The first kappa shape index (κ1) is 58.1. The lowest BCUT2D eigenvalue weighted by Crippen LogP contribution is -2.67. The number of ether oxygens (including phenoxy) is 8. The second kappa shape index (κ2) is 21.1. The summed E-state index contributed by atoms with van der Waals surface area (Å²) in [4.78, 5) is 14.7. The third-order valence-corrected chi connectivity index (χ3v) is 21.2. The third-order valence-electron chi connectivity index (χ3n) is 21.2. The molecule has 4 heterocycles. The Bertz CT molecular complexity index is 2060. The number of aliphatic hydroxyl groups excluding tert-OH is 13. The normalized spacial score (nSPS) is 54.8. The number of esters is 1. The zero-order valence-corrected chi connectivity index (χ0v) is 44.2. The van der Waals surface area contributed by atoms with Gasteiger partial charge < -0.3 is 104 Å². The molecule has 0 spiro atoms. The zero-order chi connectivity index (χ0) is 54.7. The van der Waals surface area contributed by atoms with Crippen LogP contribution in [0.3, 0.4) is 0 Å².